The lowest BCUT2D eigenvalue weighted by molar-refractivity contribution is -0.132. The molecule has 0 radical (unpaired) electrons. The van der Waals surface area contributed by atoms with Crippen LogP contribution in [-0.2, 0) is 10.4 Å². The van der Waals surface area contributed by atoms with E-state index >= 15 is 0 Å². The Morgan fingerprint density at radius 2 is 1.79 bits per heavy atom. The van der Waals surface area contributed by atoms with Crippen LogP contribution in [0.1, 0.15) is 59.3 Å². The molecule has 1 aliphatic carbocycles. The van der Waals surface area contributed by atoms with Gasteiger partial charge in [-0.15, -0.1) is 0 Å². The second kappa shape index (κ2) is 10.6. The molecule has 0 bridgehead atoms. The highest BCUT2D eigenvalue weighted by atomic mass is 35.5. The summed E-state index contributed by atoms with van der Waals surface area (Å²) in [6.07, 6.45) is 0.381. The average Bonchev–Trinajstić information content (AvgIpc) is 3.13. The number of carbonyl (C=O) groups excluding carboxylic acids is 2. The van der Waals surface area contributed by atoms with E-state index in [1.54, 1.807) is 18.2 Å². The lowest BCUT2D eigenvalue weighted by atomic mass is 9.85. The van der Waals surface area contributed by atoms with Crippen LogP contribution < -0.4 is 10.2 Å². The number of fused-ring (bicyclic) bond motifs is 1. The van der Waals surface area contributed by atoms with Crippen molar-refractivity contribution in [1.29, 1.82) is 0 Å². The summed E-state index contributed by atoms with van der Waals surface area (Å²) in [6, 6.07) is 10.7. The molecule has 11 heteroatoms. The van der Waals surface area contributed by atoms with E-state index in [1.165, 1.54) is 23.1 Å². The minimum absolute atomic E-state index is 0.0145. The first kappa shape index (κ1) is 27.1. The van der Waals surface area contributed by atoms with Gasteiger partial charge in [-0.3, -0.25) is 14.6 Å². The van der Waals surface area contributed by atoms with E-state index in [0.29, 0.717) is 31.4 Å². The Bertz CT molecular complexity index is 1430. The van der Waals surface area contributed by atoms with Gasteiger partial charge in [0.1, 0.15) is 5.69 Å². The molecule has 1 aliphatic heterocycles. The molecular weight excluding hydrogens is 538 g/mol. The van der Waals surface area contributed by atoms with Crippen LogP contribution >= 0.6 is 11.6 Å². The monoisotopic (exact) mass is 561 g/mol. The van der Waals surface area contributed by atoms with Gasteiger partial charge >= 0.3 is 0 Å². The van der Waals surface area contributed by atoms with Crippen molar-refractivity contribution < 1.29 is 32.3 Å². The number of benzene rings is 2. The smallest absolute Gasteiger partial charge is 0.281 e. The number of halogens is 5. The Hall–Kier alpha value is -3.50. The highest BCUT2D eigenvalue weighted by Gasteiger charge is 2.53. The van der Waals surface area contributed by atoms with Crippen LogP contribution in [0.4, 0.5) is 23.2 Å². The number of carbonyl (C=O) groups is 2. The van der Waals surface area contributed by atoms with E-state index < -0.39 is 46.7 Å². The number of aliphatic hydroxyl groups is 1. The first-order chi connectivity index (χ1) is 18.6. The number of aromatic nitrogens is 1. The molecule has 5 rings (SSSR count). The number of alkyl halides is 2. The Morgan fingerprint density at radius 1 is 1.10 bits per heavy atom. The molecule has 1 unspecified atom stereocenters. The Morgan fingerprint density at radius 3 is 2.51 bits per heavy atom. The number of nitrogens with one attached hydrogen (secondary N) is 1. The summed E-state index contributed by atoms with van der Waals surface area (Å²) >= 11 is 5.85. The number of rotatable bonds is 6. The molecule has 0 saturated heterocycles. The molecule has 2 amide bonds. The number of hydrogen-bond donors (Lipinski definition) is 2. The van der Waals surface area contributed by atoms with Crippen LogP contribution in [0.3, 0.4) is 0 Å². The fourth-order valence-electron chi connectivity index (χ4n) is 5.48. The maximum atomic E-state index is 14.7. The molecule has 2 N–H and O–H groups in total. The quantitative estimate of drug-likeness (QED) is 0.388. The van der Waals surface area contributed by atoms with Gasteiger partial charge < -0.3 is 15.3 Å². The minimum atomic E-state index is -2.93. The first-order valence-electron chi connectivity index (χ1n) is 12.4. The summed E-state index contributed by atoms with van der Waals surface area (Å²) in [5, 5.41) is 14.4. The lowest BCUT2D eigenvalue weighted by Crippen LogP contribution is -2.45. The van der Waals surface area contributed by atoms with Gasteiger partial charge in [0.05, 0.1) is 16.3 Å². The second-order valence-electron chi connectivity index (χ2n) is 9.82. The number of amides is 2. The second-order valence-corrected chi connectivity index (χ2v) is 10.3. The van der Waals surface area contributed by atoms with Gasteiger partial charge in [0.2, 0.25) is 0 Å². The van der Waals surface area contributed by atoms with Crippen molar-refractivity contribution in [2.45, 2.75) is 43.8 Å². The number of hydrogen-bond acceptors (Lipinski definition) is 4. The van der Waals surface area contributed by atoms with Crippen LogP contribution in [0.15, 0.2) is 54.7 Å². The molecule has 0 spiro atoms. The Balaban J connectivity index is 1.29. The summed E-state index contributed by atoms with van der Waals surface area (Å²) in [7, 11) is 0. The van der Waals surface area contributed by atoms with Crippen molar-refractivity contribution in [3.63, 3.8) is 0 Å². The van der Waals surface area contributed by atoms with Gasteiger partial charge in [-0.05, 0) is 49.8 Å². The van der Waals surface area contributed by atoms with Crippen LogP contribution in [-0.4, -0.2) is 34.5 Å². The van der Waals surface area contributed by atoms with E-state index in [0.717, 1.165) is 18.3 Å². The fraction of sp³-hybridized carbons (Fsp3) is 0.321. The molecule has 1 atom stereocenters. The molecule has 1 fully saturated rings. The van der Waals surface area contributed by atoms with Crippen LogP contribution in [0, 0.1) is 17.6 Å². The van der Waals surface area contributed by atoms with Crippen LogP contribution in [0.25, 0.3) is 0 Å². The first-order valence-corrected chi connectivity index (χ1v) is 12.8. The number of pyridine rings is 1. The average molecular weight is 562 g/mol. The summed E-state index contributed by atoms with van der Waals surface area (Å²) in [4.78, 5) is 31.2. The van der Waals surface area contributed by atoms with Crippen LogP contribution in [0.5, 0.6) is 0 Å². The van der Waals surface area contributed by atoms with E-state index in [1.807, 2.05) is 0 Å². The van der Waals surface area contributed by atoms with E-state index in [2.05, 4.69) is 10.3 Å². The zero-order chi connectivity index (χ0) is 27.9. The summed E-state index contributed by atoms with van der Waals surface area (Å²) in [5.41, 5.74) is -3.15. The van der Waals surface area contributed by atoms with Crippen molar-refractivity contribution >= 4 is 29.1 Å². The molecule has 2 aromatic carbocycles. The van der Waals surface area contributed by atoms with E-state index in [-0.39, 0.29) is 34.7 Å². The fourth-order valence-corrected chi connectivity index (χ4v) is 5.63. The van der Waals surface area contributed by atoms with Gasteiger partial charge in [-0.25, -0.2) is 17.6 Å². The topological polar surface area (TPSA) is 82.5 Å². The molecule has 39 heavy (non-hydrogen) atoms. The van der Waals surface area contributed by atoms with Gasteiger partial charge in [0.25, 0.3) is 18.2 Å². The van der Waals surface area contributed by atoms with Crippen molar-refractivity contribution in [2.75, 3.05) is 11.4 Å². The van der Waals surface area contributed by atoms with E-state index in [9.17, 15) is 32.3 Å². The van der Waals surface area contributed by atoms with E-state index in [4.69, 9.17) is 11.6 Å². The predicted octanol–water partition coefficient (Wildman–Crippen LogP) is 5.52. The Labute approximate surface area is 226 Å². The van der Waals surface area contributed by atoms with Crippen molar-refractivity contribution in [1.82, 2.24) is 10.3 Å². The summed E-state index contributed by atoms with van der Waals surface area (Å²) in [5.74, 6) is -3.92. The van der Waals surface area contributed by atoms with Gasteiger partial charge in [-0.2, -0.15) is 0 Å². The van der Waals surface area contributed by atoms with Crippen molar-refractivity contribution in [3.8, 4) is 0 Å². The molecule has 3 aromatic rings. The molecule has 2 heterocycles. The Kier molecular flexibility index (Phi) is 7.35. The number of nitrogens with zero attached hydrogens (tertiary/aromatic N) is 2. The molecule has 2 aliphatic rings. The van der Waals surface area contributed by atoms with Gasteiger partial charge in [0.15, 0.2) is 17.2 Å². The molecule has 204 valence electrons. The maximum absolute atomic E-state index is 14.7. The third-order valence-corrected chi connectivity index (χ3v) is 7.65. The number of anilines is 1. The van der Waals surface area contributed by atoms with Crippen molar-refractivity contribution in [2.24, 2.45) is 5.92 Å². The SMILES string of the molecule is O=C(N[C@H]1CC[C@H](CN2C(=O)C(O)(c3cccc(F)c3F)c3ccccc32)CC1)c1cc(Cl)cnc1C(F)F. The molecule has 1 saturated carbocycles. The third-order valence-electron chi connectivity index (χ3n) is 7.44. The zero-order valence-electron chi connectivity index (χ0n) is 20.5. The summed E-state index contributed by atoms with van der Waals surface area (Å²) in [6.45, 7) is 0.226. The lowest BCUT2D eigenvalue weighted by Gasteiger charge is -2.32. The largest absolute Gasteiger partial charge is 0.372 e. The molecular formula is C28H24ClF4N3O3. The highest BCUT2D eigenvalue weighted by Crippen LogP contribution is 2.46. The maximum Gasteiger partial charge on any atom is 0.281 e. The molecule has 1 aromatic heterocycles. The number of para-hydroxylation sites is 1. The minimum Gasteiger partial charge on any atom is -0.372 e. The summed E-state index contributed by atoms with van der Waals surface area (Å²) < 4.78 is 55.3. The van der Waals surface area contributed by atoms with Crippen LogP contribution in [0.2, 0.25) is 5.02 Å². The van der Waals surface area contributed by atoms with Gasteiger partial charge in [0, 0.05) is 29.9 Å². The highest BCUT2D eigenvalue weighted by molar-refractivity contribution is 6.30. The normalized spacial score (nSPS) is 22.7. The molecule has 6 nitrogen and oxygen atoms in total. The van der Waals surface area contributed by atoms with Crippen molar-refractivity contribution in [3.05, 3.63) is 93.8 Å². The van der Waals surface area contributed by atoms with Gasteiger partial charge in [-0.1, -0.05) is 41.9 Å². The predicted molar refractivity (Wildman–Crippen MR) is 136 cm³/mol. The third kappa shape index (κ3) is 4.87. The zero-order valence-corrected chi connectivity index (χ0v) is 21.3. The standard InChI is InChI=1S/C28H24ClF4N3O3/c29-16-12-18(24(25(32)33)34-13-16)26(37)35-17-10-8-15(9-11-17)14-36-22-7-2-1-4-19(22)28(39,27(36)38)20-5-3-6-21(30)23(20)31/h1-7,12-13,15,17,25,39H,8-11,14H2,(H,35,37)/t15-,17-,28?.